The van der Waals surface area contributed by atoms with E-state index in [1.165, 1.54) is 0 Å². The van der Waals surface area contributed by atoms with E-state index in [9.17, 15) is 4.79 Å². The highest BCUT2D eigenvalue weighted by molar-refractivity contribution is 5.92. The Morgan fingerprint density at radius 2 is 2.42 bits per heavy atom. The highest BCUT2D eigenvalue weighted by Gasteiger charge is 2.60. The average molecular weight is 166 g/mol. The van der Waals surface area contributed by atoms with Gasteiger partial charge in [-0.15, -0.1) is 0 Å². The molecule has 2 fully saturated rings. The van der Waals surface area contributed by atoms with Crippen LogP contribution in [0.25, 0.3) is 0 Å². The molecule has 1 saturated heterocycles. The first-order valence-electron chi connectivity index (χ1n) is 4.41. The molecule has 0 unspecified atom stereocenters. The minimum absolute atomic E-state index is 0.0607. The van der Waals surface area contributed by atoms with E-state index in [4.69, 9.17) is 4.74 Å². The van der Waals surface area contributed by atoms with Gasteiger partial charge in [0.1, 0.15) is 6.10 Å². The molecular formula is C10H14O2. The second-order valence-electron chi connectivity index (χ2n) is 4.15. The van der Waals surface area contributed by atoms with E-state index in [0.29, 0.717) is 0 Å². The van der Waals surface area contributed by atoms with E-state index < -0.39 is 0 Å². The van der Waals surface area contributed by atoms with Crippen LogP contribution < -0.4 is 0 Å². The molecule has 2 heteroatoms. The van der Waals surface area contributed by atoms with Gasteiger partial charge in [-0.05, 0) is 26.7 Å². The third-order valence-electron chi connectivity index (χ3n) is 3.01. The molecule has 0 amide bonds. The third-order valence-corrected chi connectivity index (χ3v) is 3.01. The van der Waals surface area contributed by atoms with Crippen LogP contribution >= 0.6 is 0 Å². The number of hydrogen-bond acceptors (Lipinski definition) is 2. The fraction of sp³-hybridized carbons (Fsp3) is 0.700. The maximum absolute atomic E-state index is 11.6. The molecule has 2 aliphatic rings. The Balaban J connectivity index is 2.15. The van der Waals surface area contributed by atoms with Crippen LogP contribution in [-0.2, 0) is 9.53 Å². The molecular weight excluding hydrogens is 152 g/mol. The molecule has 66 valence electrons. The lowest BCUT2D eigenvalue weighted by Gasteiger charge is -2.20. The number of carbonyl (C=O) groups is 1. The molecule has 0 aromatic carbocycles. The summed E-state index contributed by atoms with van der Waals surface area (Å²) in [5.74, 6) is 0.307. The lowest BCUT2D eigenvalue weighted by atomic mass is 9.79. The predicted octanol–water partition coefficient (Wildman–Crippen LogP) is 1.70. The van der Waals surface area contributed by atoms with Gasteiger partial charge in [-0.1, -0.05) is 12.2 Å². The van der Waals surface area contributed by atoms with Gasteiger partial charge in [0.2, 0.25) is 0 Å². The number of carbonyl (C=O) groups excluding carboxylic acids is 1. The quantitative estimate of drug-likeness (QED) is 0.438. The van der Waals surface area contributed by atoms with Crippen molar-refractivity contribution in [2.75, 3.05) is 0 Å². The normalized spacial score (nSPS) is 45.3. The van der Waals surface area contributed by atoms with Gasteiger partial charge < -0.3 is 4.74 Å². The number of ketones is 1. The number of allylic oxidation sites excluding steroid dienone is 1. The number of ether oxygens (including phenoxy) is 1. The predicted molar refractivity (Wildman–Crippen MR) is 45.8 cm³/mol. The molecule has 2 nitrogen and oxygen atoms in total. The molecule has 2 rings (SSSR count). The Morgan fingerprint density at radius 1 is 1.75 bits per heavy atom. The van der Waals surface area contributed by atoms with Gasteiger partial charge in [-0.3, -0.25) is 4.79 Å². The van der Waals surface area contributed by atoms with Crippen molar-refractivity contribution in [2.45, 2.75) is 38.4 Å². The molecule has 1 aliphatic carbocycles. The lowest BCUT2D eigenvalue weighted by Crippen LogP contribution is -2.31. The summed E-state index contributed by atoms with van der Waals surface area (Å²) in [5, 5.41) is 0. The molecule has 3 atom stereocenters. The Hall–Kier alpha value is -0.630. The SMILES string of the molecule is C=C(C)[C@H]1CC[C@]2(C)O[C@@H]2C1=O. The minimum Gasteiger partial charge on any atom is -0.358 e. The van der Waals surface area contributed by atoms with Gasteiger partial charge >= 0.3 is 0 Å². The van der Waals surface area contributed by atoms with Crippen LogP contribution in [0.3, 0.4) is 0 Å². The molecule has 0 aromatic heterocycles. The monoisotopic (exact) mass is 166 g/mol. The fourth-order valence-electron chi connectivity index (χ4n) is 2.03. The molecule has 1 saturated carbocycles. The summed E-state index contributed by atoms with van der Waals surface area (Å²) in [6.45, 7) is 7.77. The third kappa shape index (κ3) is 0.944. The average Bonchev–Trinajstić information content (AvgIpc) is 2.62. The van der Waals surface area contributed by atoms with Gasteiger partial charge in [0.25, 0.3) is 0 Å². The standard InChI is InChI=1S/C10H14O2/c1-6(2)7-4-5-10(3)9(12-10)8(7)11/h7,9H,1,4-5H2,2-3H3/t7-,9-,10+/m1/s1. The molecule has 1 aliphatic heterocycles. The Kier molecular flexibility index (Phi) is 1.46. The van der Waals surface area contributed by atoms with Crippen molar-refractivity contribution in [3.63, 3.8) is 0 Å². The van der Waals surface area contributed by atoms with E-state index in [0.717, 1.165) is 18.4 Å². The van der Waals surface area contributed by atoms with E-state index in [1.54, 1.807) is 0 Å². The van der Waals surface area contributed by atoms with Gasteiger partial charge in [-0.25, -0.2) is 0 Å². The van der Waals surface area contributed by atoms with Crippen molar-refractivity contribution in [1.82, 2.24) is 0 Å². The van der Waals surface area contributed by atoms with Crippen LogP contribution in [0.15, 0.2) is 12.2 Å². The maximum atomic E-state index is 11.6. The van der Waals surface area contributed by atoms with Crippen molar-refractivity contribution in [3.8, 4) is 0 Å². The van der Waals surface area contributed by atoms with Gasteiger partial charge in [0, 0.05) is 5.92 Å². The number of Topliss-reactive ketones (excluding diaryl/α,β-unsaturated/α-hetero) is 1. The topological polar surface area (TPSA) is 29.6 Å². The van der Waals surface area contributed by atoms with Crippen molar-refractivity contribution in [2.24, 2.45) is 5.92 Å². The summed E-state index contributed by atoms with van der Waals surface area (Å²) in [7, 11) is 0. The summed E-state index contributed by atoms with van der Waals surface area (Å²) in [4.78, 5) is 11.6. The Labute approximate surface area is 72.6 Å². The number of hydrogen-bond donors (Lipinski definition) is 0. The zero-order chi connectivity index (χ0) is 8.93. The molecule has 0 N–H and O–H groups in total. The van der Waals surface area contributed by atoms with Crippen LogP contribution in [0.4, 0.5) is 0 Å². The van der Waals surface area contributed by atoms with E-state index in [2.05, 4.69) is 6.58 Å². The van der Waals surface area contributed by atoms with Crippen molar-refractivity contribution >= 4 is 5.78 Å². The van der Waals surface area contributed by atoms with Crippen molar-refractivity contribution in [1.29, 1.82) is 0 Å². The summed E-state index contributed by atoms with van der Waals surface area (Å²) in [5.41, 5.74) is 0.876. The van der Waals surface area contributed by atoms with Gasteiger partial charge in [-0.2, -0.15) is 0 Å². The number of fused-ring (bicyclic) bond motifs is 1. The Bertz CT molecular complexity index is 257. The fourth-order valence-corrected chi connectivity index (χ4v) is 2.03. The number of epoxide rings is 1. The van der Waals surface area contributed by atoms with Crippen LogP contribution in [0, 0.1) is 5.92 Å². The first-order valence-corrected chi connectivity index (χ1v) is 4.41. The number of rotatable bonds is 1. The second kappa shape index (κ2) is 2.19. The first kappa shape index (κ1) is 7.99. The maximum Gasteiger partial charge on any atom is 0.171 e. The summed E-state index contributed by atoms with van der Waals surface area (Å²) >= 11 is 0. The lowest BCUT2D eigenvalue weighted by molar-refractivity contribution is -0.123. The largest absolute Gasteiger partial charge is 0.358 e. The van der Waals surface area contributed by atoms with Crippen LogP contribution in [0.2, 0.25) is 0 Å². The molecule has 0 radical (unpaired) electrons. The van der Waals surface area contributed by atoms with E-state index in [1.807, 2.05) is 13.8 Å². The first-order chi connectivity index (χ1) is 5.54. The highest BCUT2D eigenvalue weighted by Crippen LogP contribution is 2.48. The smallest absolute Gasteiger partial charge is 0.171 e. The van der Waals surface area contributed by atoms with E-state index >= 15 is 0 Å². The molecule has 0 spiro atoms. The Morgan fingerprint density at radius 3 is 3.00 bits per heavy atom. The van der Waals surface area contributed by atoms with Crippen LogP contribution in [-0.4, -0.2) is 17.5 Å². The second-order valence-corrected chi connectivity index (χ2v) is 4.15. The van der Waals surface area contributed by atoms with Crippen LogP contribution in [0.5, 0.6) is 0 Å². The van der Waals surface area contributed by atoms with E-state index in [-0.39, 0.29) is 23.4 Å². The zero-order valence-electron chi connectivity index (χ0n) is 7.59. The van der Waals surface area contributed by atoms with Crippen molar-refractivity contribution in [3.05, 3.63) is 12.2 Å². The summed E-state index contributed by atoms with van der Waals surface area (Å²) in [6.07, 6.45) is 1.80. The molecule has 0 bridgehead atoms. The molecule has 12 heavy (non-hydrogen) atoms. The summed E-state index contributed by atoms with van der Waals surface area (Å²) in [6, 6.07) is 0. The van der Waals surface area contributed by atoms with Gasteiger partial charge in [0.05, 0.1) is 5.60 Å². The van der Waals surface area contributed by atoms with Gasteiger partial charge in [0.15, 0.2) is 5.78 Å². The summed E-state index contributed by atoms with van der Waals surface area (Å²) < 4.78 is 5.37. The van der Waals surface area contributed by atoms with Crippen LogP contribution in [0.1, 0.15) is 26.7 Å². The minimum atomic E-state index is -0.118. The van der Waals surface area contributed by atoms with Crippen molar-refractivity contribution < 1.29 is 9.53 Å². The molecule has 0 aromatic rings. The highest BCUT2D eigenvalue weighted by atomic mass is 16.6. The zero-order valence-corrected chi connectivity index (χ0v) is 7.59. The molecule has 1 heterocycles.